The van der Waals surface area contributed by atoms with Crippen LogP contribution in [-0.2, 0) is 16.0 Å². The third-order valence-electron chi connectivity index (χ3n) is 3.89. The Balaban J connectivity index is 2.29. The van der Waals surface area contributed by atoms with E-state index in [4.69, 9.17) is 4.74 Å². The molecule has 1 aromatic carbocycles. The Kier molecular flexibility index (Phi) is 5.04. The molecule has 126 valence electrons. The summed E-state index contributed by atoms with van der Waals surface area (Å²) in [6.07, 6.45) is 0.590. The molecule has 2 rings (SSSR count). The van der Waals surface area contributed by atoms with Crippen LogP contribution >= 0.6 is 15.9 Å². The molecule has 23 heavy (non-hydrogen) atoms. The van der Waals surface area contributed by atoms with Crippen molar-refractivity contribution >= 4 is 28.0 Å². The lowest BCUT2D eigenvalue weighted by atomic mass is 9.88. The summed E-state index contributed by atoms with van der Waals surface area (Å²) in [7, 11) is 0. The van der Waals surface area contributed by atoms with Gasteiger partial charge in [-0.2, -0.15) is 0 Å². The number of halogens is 1. The second kappa shape index (κ2) is 6.51. The molecule has 0 radical (unpaired) electrons. The monoisotopic (exact) mass is 382 g/mol. The third kappa shape index (κ3) is 4.05. The molecule has 0 bridgehead atoms. The number of benzene rings is 1. The highest BCUT2D eigenvalue weighted by atomic mass is 79.9. The van der Waals surface area contributed by atoms with Gasteiger partial charge in [0.25, 0.3) is 0 Å². The number of hydrogen-bond acceptors (Lipinski definition) is 4. The average molecular weight is 383 g/mol. The van der Waals surface area contributed by atoms with Gasteiger partial charge in [-0.3, -0.25) is 4.90 Å². The number of hydrogen-bond donors (Lipinski definition) is 0. The minimum atomic E-state index is -1.35. The molecule has 1 aliphatic heterocycles. The van der Waals surface area contributed by atoms with Gasteiger partial charge in [0.1, 0.15) is 5.60 Å². The summed E-state index contributed by atoms with van der Waals surface area (Å²) in [5, 5.41) is 11.9. The largest absolute Gasteiger partial charge is 0.548 e. The third-order valence-corrected chi connectivity index (χ3v) is 4.42. The lowest BCUT2D eigenvalue weighted by Gasteiger charge is -2.40. The molecule has 1 fully saturated rings. The quantitative estimate of drug-likeness (QED) is 0.804. The maximum absolute atomic E-state index is 12.4. The van der Waals surface area contributed by atoms with Gasteiger partial charge in [-0.1, -0.05) is 28.1 Å². The minimum absolute atomic E-state index is 0.210. The van der Waals surface area contributed by atoms with E-state index in [2.05, 4.69) is 15.9 Å². The molecule has 6 heteroatoms. The Morgan fingerprint density at radius 3 is 2.43 bits per heavy atom. The standard InChI is InChI=1S/C17H22BrNO4/c1-16(2,3)23-15(22)19-10-4-9-17(19,14(20)21)11-12-5-7-13(18)8-6-12/h5-8H,4,9-11H2,1-3H3,(H,20,21)/p-1/t17-/m0/s1. The van der Waals surface area contributed by atoms with E-state index < -0.39 is 23.2 Å². The van der Waals surface area contributed by atoms with Crippen molar-refractivity contribution < 1.29 is 19.4 Å². The Morgan fingerprint density at radius 2 is 1.91 bits per heavy atom. The molecule has 0 N–H and O–H groups in total. The van der Waals surface area contributed by atoms with E-state index in [9.17, 15) is 14.7 Å². The molecule has 5 nitrogen and oxygen atoms in total. The maximum atomic E-state index is 12.4. The zero-order valence-electron chi connectivity index (χ0n) is 13.6. The number of likely N-dealkylation sites (tertiary alicyclic amines) is 1. The number of aliphatic carboxylic acids is 1. The molecule has 0 aromatic heterocycles. The fourth-order valence-corrected chi connectivity index (χ4v) is 3.13. The van der Waals surface area contributed by atoms with Gasteiger partial charge in [0.05, 0.1) is 11.5 Å². The number of nitrogens with zero attached hydrogens (tertiary/aromatic N) is 1. The predicted octanol–water partition coefficient (Wildman–Crippen LogP) is 2.51. The molecule has 1 atom stereocenters. The van der Waals surface area contributed by atoms with Crippen LogP contribution in [0.1, 0.15) is 39.2 Å². The van der Waals surface area contributed by atoms with Crippen LogP contribution < -0.4 is 5.11 Å². The van der Waals surface area contributed by atoms with Crippen LogP contribution in [0.25, 0.3) is 0 Å². The second-order valence-electron chi connectivity index (χ2n) is 6.86. The summed E-state index contributed by atoms with van der Waals surface area (Å²) in [5.74, 6) is -1.23. The Labute approximate surface area is 144 Å². The first-order valence-electron chi connectivity index (χ1n) is 7.61. The van der Waals surface area contributed by atoms with E-state index in [-0.39, 0.29) is 6.42 Å². The average Bonchev–Trinajstić information content (AvgIpc) is 2.84. The number of amides is 1. The van der Waals surface area contributed by atoms with Crippen molar-refractivity contribution in [1.29, 1.82) is 0 Å². The van der Waals surface area contributed by atoms with E-state index in [1.165, 1.54) is 4.90 Å². The molecule has 1 amide bonds. The van der Waals surface area contributed by atoms with Crippen LogP contribution in [0.3, 0.4) is 0 Å². The van der Waals surface area contributed by atoms with Crippen LogP contribution in [-0.4, -0.2) is 34.6 Å². The van der Waals surface area contributed by atoms with Crippen molar-refractivity contribution in [3.05, 3.63) is 34.3 Å². The lowest BCUT2D eigenvalue weighted by molar-refractivity contribution is -0.317. The van der Waals surface area contributed by atoms with Crippen LogP contribution in [0, 0.1) is 0 Å². The maximum Gasteiger partial charge on any atom is 0.411 e. The SMILES string of the molecule is CC(C)(C)OC(=O)N1CCC[C@]1(Cc1ccc(Br)cc1)C(=O)[O-]. The number of carboxylic acid groups (broad SMARTS) is 1. The van der Waals surface area contributed by atoms with E-state index in [1.807, 2.05) is 24.3 Å². The van der Waals surface area contributed by atoms with E-state index in [0.29, 0.717) is 19.4 Å². The fourth-order valence-electron chi connectivity index (χ4n) is 2.87. The zero-order valence-corrected chi connectivity index (χ0v) is 15.2. The molecule has 0 spiro atoms. The Bertz CT molecular complexity index is 594. The highest BCUT2D eigenvalue weighted by Crippen LogP contribution is 2.34. The van der Waals surface area contributed by atoms with Crippen molar-refractivity contribution in [3.63, 3.8) is 0 Å². The normalized spacial score (nSPS) is 21.3. The highest BCUT2D eigenvalue weighted by molar-refractivity contribution is 9.10. The van der Waals surface area contributed by atoms with Gasteiger partial charge in [0, 0.05) is 17.4 Å². The zero-order chi connectivity index (χ0) is 17.3. The van der Waals surface area contributed by atoms with Gasteiger partial charge < -0.3 is 14.6 Å². The minimum Gasteiger partial charge on any atom is -0.548 e. The molecule has 0 saturated carbocycles. The summed E-state index contributed by atoms with van der Waals surface area (Å²) in [5.41, 5.74) is -1.18. The molecule has 0 unspecified atom stereocenters. The van der Waals surface area contributed by atoms with Crippen LogP contribution in [0.15, 0.2) is 28.7 Å². The number of rotatable bonds is 3. The second-order valence-corrected chi connectivity index (χ2v) is 7.77. The molecule has 0 aliphatic carbocycles. The molecule has 1 heterocycles. The summed E-state index contributed by atoms with van der Waals surface area (Å²) in [6, 6.07) is 7.40. The molecular formula is C17H21BrNO4-. The van der Waals surface area contributed by atoms with Crippen molar-refractivity contribution in [2.75, 3.05) is 6.54 Å². The van der Waals surface area contributed by atoms with Gasteiger partial charge >= 0.3 is 6.09 Å². The van der Waals surface area contributed by atoms with Crippen molar-refractivity contribution in [1.82, 2.24) is 4.90 Å². The number of ether oxygens (including phenoxy) is 1. The van der Waals surface area contributed by atoms with E-state index >= 15 is 0 Å². The Hall–Kier alpha value is -1.56. The van der Waals surface area contributed by atoms with Gasteiger partial charge in [-0.05, 0) is 51.3 Å². The van der Waals surface area contributed by atoms with Crippen LogP contribution in [0.4, 0.5) is 4.79 Å². The molecular weight excluding hydrogens is 362 g/mol. The number of carbonyl (C=O) groups is 2. The highest BCUT2D eigenvalue weighted by Gasteiger charge is 2.46. The molecule has 1 aromatic rings. The van der Waals surface area contributed by atoms with E-state index in [0.717, 1.165) is 10.0 Å². The molecule has 1 aliphatic rings. The smallest absolute Gasteiger partial charge is 0.411 e. The van der Waals surface area contributed by atoms with Gasteiger partial charge in [-0.25, -0.2) is 4.79 Å². The van der Waals surface area contributed by atoms with Gasteiger partial charge in [0.15, 0.2) is 0 Å². The summed E-state index contributed by atoms with van der Waals surface area (Å²) >= 11 is 3.36. The number of carbonyl (C=O) groups excluding carboxylic acids is 2. The summed E-state index contributed by atoms with van der Waals surface area (Å²) < 4.78 is 6.29. The van der Waals surface area contributed by atoms with Crippen molar-refractivity contribution in [3.8, 4) is 0 Å². The van der Waals surface area contributed by atoms with Crippen molar-refractivity contribution in [2.45, 2.75) is 51.2 Å². The van der Waals surface area contributed by atoms with Gasteiger partial charge in [0.2, 0.25) is 0 Å². The van der Waals surface area contributed by atoms with Gasteiger partial charge in [-0.15, -0.1) is 0 Å². The van der Waals surface area contributed by atoms with Crippen LogP contribution in [0.5, 0.6) is 0 Å². The van der Waals surface area contributed by atoms with E-state index in [1.54, 1.807) is 20.8 Å². The predicted molar refractivity (Wildman–Crippen MR) is 87.8 cm³/mol. The summed E-state index contributed by atoms with van der Waals surface area (Å²) in [6.45, 7) is 5.64. The van der Waals surface area contributed by atoms with Crippen molar-refractivity contribution in [2.24, 2.45) is 0 Å². The Morgan fingerprint density at radius 1 is 1.30 bits per heavy atom. The molecule has 1 saturated heterocycles. The fraction of sp³-hybridized carbons (Fsp3) is 0.529. The first-order chi connectivity index (χ1) is 10.6. The lowest BCUT2D eigenvalue weighted by Crippen LogP contribution is -2.60. The first kappa shape index (κ1) is 17.8. The number of carboxylic acids is 1. The summed E-state index contributed by atoms with van der Waals surface area (Å²) in [4.78, 5) is 25.7. The first-order valence-corrected chi connectivity index (χ1v) is 8.40. The topological polar surface area (TPSA) is 69.7 Å². The van der Waals surface area contributed by atoms with Crippen LogP contribution in [0.2, 0.25) is 0 Å².